The molecule has 1 radical (unpaired) electrons. The van der Waals surface area contributed by atoms with Gasteiger partial charge in [0.25, 0.3) is 0 Å². The Labute approximate surface area is 187 Å². The van der Waals surface area contributed by atoms with Crippen LogP contribution >= 0.6 is 0 Å². The summed E-state index contributed by atoms with van der Waals surface area (Å²) in [7, 11) is 0. The smallest absolute Gasteiger partial charge is 0.358 e. The molecule has 0 bridgehead atoms. The molecule has 2 saturated carbocycles. The Balaban J connectivity index is -0.000000332. The van der Waals surface area contributed by atoms with E-state index in [-0.39, 0.29) is 33.4 Å². The van der Waals surface area contributed by atoms with Crippen molar-refractivity contribution in [2.75, 3.05) is 0 Å². The number of hydrogen-bond donors (Lipinski definition) is 0. The minimum atomic E-state index is 0. The molecule has 2 aliphatic rings. The van der Waals surface area contributed by atoms with Crippen LogP contribution in [0.4, 0.5) is 0 Å². The van der Waals surface area contributed by atoms with Crippen LogP contribution in [-0.2, 0) is 18.6 Å². The van der Waals surface area contributed by atoms with Crippen molar-refractivity contribution in [1.29, 1.82) is 0 Å². The Morgan fingerprint density at radius 3 is 1.00 bits per heavy atom. The van der Waals surface area contributed by atoms with Gasteiger partial charge in [0.15, 0.2) is 0 Å². The molecule has 2 nitrogen and oxygen atoms in total. The number of rotatable bonds is 1. The van der Waals surface area contributed by atoms with E-state index in [1.165, 1.54) is 70.6 Å². The Kier molecular flexibility index (Phi) is 27.0. The second-order valence-corrected chi connectivity index (χ2v) is 6.67. The fraction of sp³-hybridized carbons (Fsp3) is 0.520. The van der Waals surface area contributed by atoms with Crippen LogP contribution in [0.5, 0.6) is 0 Å². The number of hydrogen-bond acceptors (Lipinski definition) is 2. The van der Waals surface area contributed by atoms with Crippen molar-refractivity contribution in [2.24, 2.45) is 0 Å². The summed E-state index contributed by atoms with van der Waals surface area (Å²) in [5.74, 6) is 0. The molecule has 0 amide bonds. The summed E-state index contributed by atoms with van der Waals surface area (Å²) in [6.45, 7) is 4.25. The summed E-state index contributed by atoms with van der Waals surface area (Å²) in [6.07, 6.45) is 19.8. The first-order valence-electron chi connectivity index (χ1n) is 10.2. The van der Waals surface area contributed by atoms with E-state index in [2.05, 4.69) is 23.8 Å². The average molecular weight is 422 g/mol. The molecular formula is C25H42N2V. The summed E-state index contributed by atoms with van der Waals surface area (Å²) in [4.78, 5) is 8.37. The topological polar surface area (TPSA) is 25.8 Å². The van der Waals surface area contributed by atoms with Crippen LogP contribution in [0, 0.1) is 14.9 Å². The molecule has 0 saturated heterocycles. The largest absolute Gasteiger partial charge is 2.00 e. The van der Waals surface area contributed by atoms with Crippen LogP contribution in [0.25, 0.3) is 11.4 Å². The van der Waals surface area contributed by atoms with Crippen LogP contribution in [0.15, 0.2) is 48.8 Å². The molecule has 0 aliphatic heterocycles. The van der Waals surface area contributed by atoms with E-state index in [1.54, 1.807) is 12.4 Å². The van der Waals surface area contributed by atoms with Gasteiger partial charge in [-0.15, -0.1) is 0 Å². The summed E-state index contributed by atoms with van der Waals surface area (Å²) in [6, 6.07) is 11.6. The third kappa shape index (κ3) is 17.0. The second-order valence-electron chi connectivity index (χ2n) is 6.67. The molecule has 2 aromatic rings. The van der Waals surface area contributed by atoms with Crippen molar-refractivity contribution in [1.82, 2.24) is 9.97 Å². The first-order valence-corrected chi connectivity index (χ1v) is 10.2. The zero-order valence-electron chi connectivity index (χ0n) is 18.7. The van der Waals surface area contributed by atoms with Crippen molar-refractivity contribution in [2.45, 2.75) is 84.5 Å². The third-order valence-electron chi connectivity index (χ3n) is 4.09. The van der Waals surface area contributed by atoms with E-state index in [9.17, 15) is 0 Å². The molecule has 0 N–H and O–H groups in total. The van der Waals surface area contributed by atoms with Crippen molar-refractivity contribution in [3.63, 3.8) is 0 Å². The van der Waals surface area contributed by atoms with Gasteiger partial charge in [-0.25, -0.2) is 0 Å². The van der Waals surface area contributed by atoms with Crippen LogP contribution in [-0.4, -0.2) is 9.97 Å². The molecular weight excluding hydrogens is 379 g/mol. The van der Waals surface area contributed by atoms with Gasteiger partial charge in [-0.05, 0) is 24.3 Å². The number of pyridine rings is 2. The van der Waals surface area contributed by atoms with Crippen molar-refractivity contribution < 1.29 is 18.6 Å². The second kappa shape index (κ2) is 23.9. The Morgan fingerprint density at radius 2 is 0.821 bits per heavy atom. The predicted octanol–water partition coefficient (Wildman–Crippen LogP) is 8.36. The van der Waals surface area contributed by atoms with Gasteiger partial charge in [-0.3, -0.25) is 9.97 Å². The maximum Gasteiger partial charge on any atom is 2.00 e. The molecule has 2 aliphatic carbocycles. The molecule has 4 rings (SSSR count). The molecule has 2 heterocycles. The maximum atomic E-state index is 4.19. The van der Waals surface area contributed by atoms with Crippen LogP contribution < -0.4 is 0 Å². The summed E-state index contributed by atoms with van der Waals surface area (Å²) >= 11 is 0. The monoisotopic (exact) mass is 421 g/mol. The Hall–Kier alpha value is -1.12. The van der Waals surface area contributed by atoms with E-state index in [1.807, 2.05) is 36.4 Å². The first kappa shape index (κ1) is 31.6. The number of nitrogens with zero attached hydrogens (tertiary/aromatic N) is 2. The molecule has 0 unspecified atom stereocenters. The third-order valence-corrected chi connectivity index (χ3v) is 4.09. The molecule has 3 heteroatoms. The van der Waals surface area contributed by atoms with Gasteiger partial charge in [-0.2, -0.15) is 0 Å². The summed E-state index contributed by atoms with van der Waals surface area (Å²) in [5.41, 5.74) is 1.83. The predicted molar refractivity (Wildman–Crippen MR) is 122 cm³/mol. The quantitative estimate of drug-likeness (QED) is 0.432. The first-order chi connectivity index (χ1) is 12.4. The molecule has 0 atom stereocenters. The van der Waals surface area contributed by atoms with E-state index < -0.39 is 0 Å². The summed E-state index contributed by atoms with van der Waals surface area (Å²) < 4.78 is 0. The van der Waals surface area contributed by atoms with E-state index in [4.69, 9.17) is 0 Å². The van der Waals surface area contributed by atoms with E-state index in [0.717, 1.165) is 11.4 Å². The van der Waals surface area contributed by atoms with Gasteiger partial charge in [0.1, 0.15) is 0 Å². The van der Waals surface area contributed by atoms with Gasteiger partial charge >= 0.3 is 18.6 Å². The molecule has 0 spiro atoms. The van der Waals surface area contributed by atoms with Crippen LogP contribution in [0.2, 0.25) is 0 Å². The maximum absolute atomic E-state index is 4.19. The molecule has 0 aromatic carbocycles. The molecule has 28 heavy (non-hydrogen) atoms. The van der Waals surface area contributed by atoms with E-state index >= 15 is 0 Å². The fourth-order valence-electron chi connectivity index (χ4n) is 2.80. The Morgan fingerprint density at radius 1 is 0.571 bits per heavy atom. The van der Waals surface area contributed by atoms with Crippen LogP contribution in [0.3, 0.4) is 0 Å². The van der Waals surface area contributed by atoms with Gasteiger partial charge in [0.2, 0.25) is 0 Å². The van der Waals surface area contributed by atoms with Crippen molar-refractivity contribution in [3.8, 4) is 11.4 Å². The van der Waals surface area contributed by atoms with Gasteiger partial charge in [-0.1, -0.05) is 96.6 Å². The van der Waals surface area contributed by atoms with Crippen molar-refractivity contribution >= 4 is 0 Å². The van der Waals surface area contributed by atoms with Gasteiger partial charge < -0.3 is 14.9 Å². The number of aromatic nitrogens is 2. The SMILES string of the molecule is C1CCCC1.C1CCCC1.CCC.[CH3-].[CH3-].[V+2].c1ccc(-c2ccccn2)nc1. The fourth-order valence-corrected chi connectivity index (χ4v) is 2.80. The molecule has 2 aromatic heterocycles. The Bertz CT molecular complexity index is 432. The minimum Gasteiger partial charge on any atom is -0.358 e. The zero-order chi connectivity index (χ0) is 18.0. The van der Waals surface area contributed by atoms with E-state index in [0.29, 0.717) is 0 Å². The van der Waals surface area contributed by atoms with Gasteiger partial charge in [0, 0.05) is 12.4 Å². The van der Waals surface area contributed by atoms with Crippen LogP contribution in [0.1, 0.15) is 84.5 Å². The standard InChI is InChI=1S/C10H8N2.2C5H10.C3H8.2CH3.V/c1-3-7-11-9(5-1)10-6-2-4-8-12-10;2*1-2-4-5-3-1;1-3-2;;;/h1-8H;2*1-5H2;3H2,1-2H3;2*1H3;/q;;;;2*-1;+2. The summed E-state index contributed by atoms with van der Waals surface area (Å²) in [5, 5.41) is 0. The average Bonchev–Trinajstić information content (AvgIpc) is 3.42. The zero-order valence-corrected chi connectivity index (χ0v) is 20.1. The molecule has 2 fully saturated rings. The molecule has 157 valence electrons. The van der Waals surface area contributed by atoms with Gasteiger partial charge in [0.05, 0.1) is 11.4 Å². The minimum absolute atomic E-state index is 0. The van der Waals surface area contributed by atoms with Crippen molar-refractivity contribution in [3.05, 3.63) is 63.6 Å². The normalized spacial score (nSPS) is 13.4.